The second kappa shape index (κ2) is 15.7. The smallest absolute Gasteiger partial charge is 0.418 e. The summed E-state index contributed by atoms with van der Waals surface area (Å²) in [5, 5.41) is 14.0. The minimum absolute atomic E-state index is 0.0165. The largest absolute Gasteiger partial charge is 0.459 e. The first kappa shape index (κ1) is 40.7. The number of carbonyl (C=O) groups is 1. The van der Waals surface area contributed by atoms with E-state index in [9.17, 15) is 23.2 Å². The fourth-order valence-corrected chi connectivity index (χ4v) is 8.92. The first-order valence-corrected chi connectivity index (χ1v) is 19.7. The van der Waals surface area contributed by atoms with Crippen LogP contribution in [0.25, 0.3) is 22.2 Å². The molecule has 19 heteroatoms. The highest BCUT2D eigenvalue weighted by molar-refractivity contribution is 6.34. The van der Waals surface area contributed by atoms with Crippen LogP contribution in [0.2, 0.25) is 10.3 Å². The number of aryl methyl sites for hydroxylation is 1. The molecule has 57 heavy (non-hydrogen) atoms. The predicted molar refractivity (Wildman–Crippen MR) is 207 cm³/mol. The van der Waals surface area contributed by atoms with Crippen molar-refractivity contribution < 1.29 is 27.1 Å². The van der Waals surface area contributed by atoms with Crippen molar-refractivity contribution in [1.29, 1.82) is 5.26 Å². The van der Waals surface area contributed by atoms with E-state index in [2.05, 4.69) is 31.0 Å². The van der Waals surface area contributed by atoms with Crippen molar-refractivity contribution >= 4 is 51.8 Å². The zero-order chi connectivity index (χ0) is 41.1. The topological polar surface area (TPSA) is 155 Å². The third kappa shape index (κ3) is 7.88. The number of nitriles is 1. The first-order chi connectivity index (χ1) is 27.0. The van der Waals surface area contributed by atoms with Gasteiger partial charge in [0.2, 0.25) is 5.28 Å². The third-order valence-corrected chi connectivity index (χ3v) is 11.7. The highest BCUT2D eigenvalue weighted by atomic mass is 35.5. The number of hydrogen-bond donors (Lipinski definition) is 1. The Morgan fingerprint density at radius 1 is 1.11 bits per heavy atom. The van der Waals surface area contributed by atoms with E-state index in [4.69, 9.17) is 38.7 Å². The lowest BCUT2D eigenvalue weighted by atomic mass is 9.87. The zero-order valence-electron chi connectivity index (χ0n) is 32.1. The van der Waals surface area contributed by atoms with Crippen LogP contribution >= 0.6 is 23.2 Å². The van der Waals surface area contributed by atoms with Crippen LogP contribution in [0.5, 0.6) is 6.01 Å². The summed E-state index contributed by atoms with van der Waals surface area (Å²) in [7, 11) is 1.98. The number of likely N-dealkylation sites (tertiary alicyclic amines) is 1. The number of nitrogen functional groups attached to an aromatic ring is 1. The molecule has 1 amide bonds. The van der Waals surface area contributed by atoms with Crippen molar-refractivity contribution in [3.8, 4) is 23.3 Å². The molecule has 13 nitrogen and oxygen atoms in total. The molecule has 2 N–H and O–H groups in total. The molecule has 1 saturated carbocycles. The van der Waals surface area contributed by atoms with Crippen molar-refractivity contribution in [3.63, 3.8) is 0 Å². The van der Waals surface area contributed by atoms with E-state index < -0.39 is 52.9 Å². The molecular weight excluding hydrogens is 789 g/mol. The molecule has 2 aliphatic heterocycles. The molecule has 0 bridgehead atoms. The molecule has 3 fully saturated rings. The van der Waals surface area contributed by atoms with Gasteiger partial charge in [-0.15, -0.1) is 5.10 Å². The quantitative estimate of drug-likeness (QED) is 0.164. The van der Waals surface area contributed by atoms with Crippen LogP contribution in [0.1, 0.15) is 82.2 Å². The van der Waals surface area contributed by atoms with Crippen LogP contribution in [0, 0.1) is 30.0 Å². The molecule has 304 valence electrons. The molecule has 7 rings (SSSR count). The van der Waals surface area contributed by atoms with Crippen molar-refractivity contribution in [2.24, 2.45) is 5.92 Å². The number of likely N-dealkylation sites (N-methyl/N-ethyl adjacent to an activating group) is 1. The molecule has 2 saturated heterocycles. The Hall–Kier alpha value is -4.53. The molecule has 3 aromatic heterocycles. The maximum absolute atomic E-state index is 17.1. The molecule has 1 aliphatic carbocycles. The SMILES string of the molecule is Cc1cc(N)nc(-c2c(Cl)cc3c(N4CCC(N(C(=O)n5nc(Cl)nc5C5CC5)C(C)C)C(CC#N)C4)nc(O[C@@H](C)[C@@H]4CCCN4C)nc3c2F)c1C(F)(F)F. The van der Waals surface area contributed by atoms with Crippen molar-refractivity contribution in [2.45, 2.75) is 103 Å². The fraction of sp³-hybridized carbons (Fsp3) is 0.553. The maximum atomic E-state index is 17.1. The molecule has 2 unspecified atom stereocenters. The summed E-state index contributed by atoms with van der Waals surface area (Å²) in [6.45, 7) is 8.20. The summed E-state index contributed by atoms with van der Waals surface area (Å²) < 4.78 is 68.1. The van der Waals surface area contributed by atoms with E-state index in [-0.39, 0.29) is 75.4 Å². The fourth-order valence-electron chi connectivity index (χ4n) is 8.48. The van der Waals surface area contributed by atoms with Gasteiger partial charge in [-0.1, -0.05) is 11.6 Å². The second-order valence-corrected chi connectivity index (χ2v) is 16.3. The van der Waals surface area contributed by atoms with Gasteiger partial charge in [0.25, 0.3) is 0 Å². The Kier molecular flexibility index (Phi) is 11.2. The van der Waals surface area contributed by atoms with Gasteiger partial charge in [0.1, 0.15) is 29.1 Å². The first-order valence-electron chi connectivity index (χ1n) is 19.0. The maximum Gasteiger partial charge on any atom is 0.418 e. The number of alkyl halides is 3. The van der Waals surface area contributed by atoms with Crippen LogP contribution in [0.15, 0.2) is 12.1 Å². The third-order valence-electron chi connectivity index (χ3n) is 11.2. The van der Waals surface area contributed by atoms with Crippen LogP contribution < -0.4 is 15.4 Å². The van der Waals surface area contributed by atoms with Gasteiger partial charge in [-0.2, -0.15) is 33.1 Å². The summed E-state index contributed by atoms with van der Waals surface area (Å²) in [6.07, 6.45) is -1.35. The van der Waals surface area contributed by atoms with Crippen molar-refractivity contribution in [1.82, 2.24) is 39.5 Å². The number of amides is 1. The minimum Gasteiger partial charge on any atom is -0.459 e. The average Bonchev–Trinajstić information content (AvgIpc) is 3.76. The van der Waals surface area contributed by atoms with E-state index in [1.165, 1.54) is 17.7 Å². The normalized spacial score (nSPS) is 21.0. The summed E-state index contributed by atoms with van der Waals surface area (Å²) in [5.41, 5.74) is 2.76. The number of pyridine rings is 1. The molecular formula is C38H43Cl2F4N11O2. The highest BCUT2D eigenvalue weighted by Gasteiger charge is 2.42. The molecule has 0 radical (unpaired) electrons. The molecule has 4 aromatic rings. The van der Waals surface area contributed by atoms with Gasteiger partial charge in [-0.25, -0.2) is 19.2 Å². The lowest BCUT2D eigenvalue weighted by molar-refractivity contribution is -0.137. The number of halogens is 6. The van der Waals surface area contributed by atoms with Gasteiger partial charge in [-0.3, -0.25) is 4.90 Å². The van der Waals surface area contributed by atoms with E-state index in [1.54, 1.807) is 4.90 Å². The van der Waals surface area contributed by atoms with Gasteiger partial charge in [-0.05, 0) is 103 Å². The molecule has 4 atom stereocenters. The monoisotopic (exact) mass is 831 g/mol. The second-order valence-electron chi connectivity index (χ2n) is 15.5. The van der Waals surface area contributed by atoms with Crippen LogP contribution in [0.4, 0.5) is 34.0 Å². The summed E-state index contributed by atoms with van der Waals surface area (Å²) >= 11 is 12.9. The van der Waals surface area contributed by atoms with Crippen LogP contribution in [-0.2, 0) is 6.18 Å². The summed E-state index contributed by atoms with van der Waals surface area (Å²) in [4.78, 5) is 37.4. The average molecular weight is 833 g/mol. The van der Waals surface area contributed by atoms with Gasteiger partial charge in [0.05, 0.1) is 27.9 Å². The Balaban J connectivity index is 1.32. The number of benzene rings is 1. The van der Waals surface area contributed by atoms with Crippen LogP contribution in [-0.4, -0.2) is 96.5 Å². The Labute approximate surface area is 337 Å². The van der Waals surface area contributed by atoms with Gasteiger partial charge >= 0.3 is 18.2 Å². The van der Waals surface area contributed by atoms with Crippen molar-refractivity contribution in [3.05, 3.63) is 45.2 Å². The lowest BCUT2D eigenvalue weighted by Crippen LogP contribution is -2.56. The minimum atomic E-state index is -4.91. The molecule has 0 spiro atoms. The van der Waals surface area contributed by atoms with Gasteiger partial charge in [0.15, 0.2) is 5.82 Å². The van der Waals surface area contributed by atoms with E-state index >= 15 is 4.39 Å². The number of rotatable bonds is 9. The number of piperidine rings is 1. The number of fused-ring (bicyclic) bond motifs is 1. The number of anilines is 2. The number of aromatic nitrogens is 6. The molecule has 5 heterocycles. The lowest BCUT2D eigenvalue weighted by Gasteiger charge is -2.45. The Morgan fingerprint density at radius 3 is 2.47 bits per heavy atom. The van der Waals surface area contributed by atoms with E-state index in [1.807, 2.05) is 32.7 Å². The van der Waals surface area contributed by atoms with Gasteiger partial charge < -0.3 is 20.3 Å². The van der Waals surface area contributed by atoms with E-state index in [0.29, 0.717) is 18.8 Å². The highest BCUT2D eigenvalue weighted by Crippen LogP contribution is 2.45. The summed E-state index contributed by atoms with van der Waals surface area (Å²) in [6, 6.07) is 3.38. The number of ether oxygens (including phenoxy) is 1. The number of nitrogens with two attached hydrogens (primary N) is 1. The molecule has 3 aliphatic rings. The van der Waals surface area contributed by atoms with E-state index in [0.717, 1.165) is 38.3 Å². The zero-order valence-corrected chi connectivity index (χ0v) is 33.6. The van der Waals surface area contributed by atoms with Crippen molar-refractivity contribution in [2.75, 3.05) is 37.3 Å². The Morgan fingerprint density at radius 2 is 1.84 bits per heavy atom. The van der Waals surface area contributed by atoms with Crippen LogP contribution in [0.3, 0.4) is 0 Å². The number of nitrogens with zero attached hydrogens (tertiary/aromatic N) is 10. The Bertz CT molecular complexity index is 2240. The number of carbonyl (C=O) groups excluding carboxylic acids is 1. The standard InChI is InChI=1S/C38H43Cl2F4N11O2/c1-18(2)54(37(56)55-33(21-8-9-21)49-35(40)51-55)26-11-14-53(17-22(26)10-12-45)34-23-16-24(39)28(32-29(38(42,43)44)19(3)15-27(46)47-32)30(41)31(23)48-36(50-34)57-20(4)25-7-6-13-52(25)5/h15-16,18,20-22,25-26H,6-11,13-14,17H2,1-5H3,(H2,46,47)/t20-,22?,25-,26?/m0/s1. The van der Waals surface area contributed by atoms with Gasteiger partial charge in [0, 0.05) is 54.9 Å². The summed E-state index contributed by atoms with van der Waals surface area (Å²) in [5.74, 6) is -1.02. The molecule has 1 aromatic carbocycles. The predicted octanol–water partition coefficient (Wildman–Crippen LogP) is 7.86. The number of hydrogen-bond acceptors (Lipinski definition) is 11.